The van der Waals surface area contributed by atoms with Crippen LogP contribution in [0.25, 0.3) is 0 Å². The van der Waals surface area contributed by atoms with E-state index >= 15 is 0 Å². The number of morpholine rings is 1. The average Bonchev–Trinajstić information content (AvgIpc) is 2.38. The first-order chi connectivity index (χ1) is 8.58. The normalized spacial score (nSPS) is 20.3. The standard InChI is InChI=1S/C11H13N3O4/c1-2-3-9(10(15)16)13-11(17)14-4-5-18-8(6-12)7-14/h1,8-9H,3-5,7H2,(H,13,17)(H,15,16). The molecule has 1 saturated heterocycles. The fourth-order valence-electron chi connectivity index (χ4n) is 1.47. The molecule has 1 aliphatic rings. The zero-order valence-corrected chi connectivity index (χ0v) is 9.63. The minimum absolute atomic E-state index is 0.0902. The Hall–Kier alpha value is -2.25. The number of hydrogen-bond acceptors (Lipinski definition) is 4. The molecule has 96 valence electrons. The van der Waals surface area contributed by atoms with Crippen molar-refractivity contribution in [1.29, 1.82) is 5.26 Å². The maximum absolute atomic E-state index is 11.8. The monoisotopic (exact) mass is 251 g/mol. The van der Waals surface area contributed by atoms with Gasteiger partial charge in [0.15, 0.2) is 6.10 Å². The number of carbonyl (C=O) groups excluding carboxylic acids is 1. The van der Waals surface area contributed by atoms with Crippen LogP contribution < -0.4 is 5.32 Å². The number of carbonyl (C=O) groups is 2. The summed E-state index contributed by atoms with van der Waals surface area (Å²) in [5.41, 5.74) is 0. The van der Waals surface area contributed by atoms with Gasteiger partial charge in [-0.3, -0.25) is 0 Å². The topological polar surface area (TPSA) is 103 Å². The van der Waals surface area contributed by atoms with Crippen LogP contribution in [0.3, 0.4) is 0 Å². The van der Waals surface area contributed by atoms with Gasteiger partial charge >= 0.3 is 12.0 Å². The number of carboxylic acids is 1. The lowest BCUT2D eigenvalue weighted by Crippen LogP contribution is -2.53. The van der Waals surface area contributed by atoms with Gasteiger partial charge in [0.2, 0.25) is 0 Å². The number of amides is 2. The number of aliphatic carboxylic acids is 1. The van der Waals surface area contributed by atoms with E-state index < -0.39 is 24.1 Å². The highest BCUT2D eigenvalue weighted by Crippen LogP contribution is 2.05. The molecule has 2 amide bonds. The highest BCUT2D eigenvalue weighted by molar-refractivity contribution is 5.82. The summed E-state index contributed by atoms with van der Waals surface area (Å²) >= 11 is 0. The van der Waals surface area contributed by atoms with Crippen molar-refractivity contribution in [2.75, 3.05) is 19.7 Å². The molecule has 1 rings (SSSR count). The summed E-state index contributed by atoms with van der Waals surface area (Å²) in [4.78, 5) is 23.9. The Morgan fingerprint density at radius 3 is 2.94 bits per heavy atom. The highest BCUT2D eigenvalue weighted by atomic mass is 16.5. The molecule has 0 aromatic carbocycles. The molecular formula is C11H13N3O4. The van der Waals surface area contributed by atoms with Crippen LogP contribution in [0.5, 0.6) is 0 Å². The first-order valence-corrected chi connectivity index (χ1v) is 5.31. The van der Waals surface area contributed by atoms with E-state index in [4.69, 9.17) is 21.5 Å². The predicted octanol–water partition coefficient (Wildman–Crippen LogP) is -0.603. The molecule has 1 heterocycles. The Morgan fingerprint density at radius 1 is 1.67 bits per heavy atom. The smallest absolute Gasteiger partial charge is 0.327 e. The quantitative estimate of drug-likeness (QED) is 0.652. The molecule has 0 spiro atoms. The molecule has 7 heteroatoms. The molecule has 0 aliphatic carbocycles. The highest BCUT2D eigenvalue weighted by Gasteiger charge is 2.27. The number of hydrogen-bond donors (Lipinski definition) is 2. The summed E-state index contributed by atoms with van der Waals surface area (Å²) < 4.78 is 5.08. The van der Waals surface area contributed by atoms with Gasteiger partial charge < -0.3 is 20.1 Å². The number of nitrogens with one attached hydrogen (secondary N) is 1. The van der Waals surface area contributed by atoms with Gasteiger partial charge in [-0.25, -0.2) is 9.59 Å². The van der Waals surface area contributed by atoms with E-state index in [-0.39, 0.29) is 19.6 Å². The number of urea groups is 1. The Morgan fingerprint density at radius 2 is 2.39 bits per heavy atom. The summed E-state index contributed by atoms with van der Waals surface area (Å²) in [7, 11) is 0. The maximum Gasteiger partial charge on any atom is 0.327 e. The van der Waals surface area contributed by atoms with E-state index in [0.717, 1.165) is 0 Å². The number of ether oxygens (including phenoxy) is 1. The van der Waals surface area contributed by atoms with Crippen LogP contribution in [0, 0.1) is 23.7 Å². The first-order valence-electron chi connectivity index (χ1n) is 5.31. The van der Waals surface area contributed by atoms with E-state index in [1.165, 1.54) is 4.90 Å². The number of rotatable bonds is 3. The van der Waals surface area contributed by atoms with Crippen molar-refractivity contribution < 1.29 is 19.4 Å². The maximum atomic E-state index is 11.8. The summed E-state index contributed by atoms with van der Waals surface area (Å²) in [5.74, 6) is 0.998. The predicted molar refractivity (Wildman–Crippen MR) is 60.3 cm³/mol. The van der Waals surface area contributed by atoms with Crippen molar-refractivity contribution in [3.63, 3.8) is 0 Å². The van der Waals surface area contributed by atoms with Crippen molar-refractivity contribution >= 4 is 12.0 Å². The lowest BCUT2D eigenvalue weighted by Gasteiger charge is -2.30. The van der Waals surface area contributed by atoms with Crippen molar-refractivity contribution in [3.8, 4) is 18.4 Å². The van der Waals surface area contributed by atoms with Gasteiger partial charge in [0.1, 0.15) is 6.04 Å². The van der Waals surface area contributed by atoms with E-state index in [0.29, 0.717) is 6.54 Å². The Bertz CT molecular complexity index is 409. The van der Waals surface area contributed by atoms with Crippen LogP contribution >= 0.6 is 0 Å². The van der Waals surface area contributed by atoms with E-state index in [1.807, 2.05) is 6.07 Å². The minimum Gasteiger partial charge on any atom is -0.480 e. The number of nitrogens with zero attached hydrogens (tertiary/aromatic N) is 2. The minimum atomic E-state index is -1.19. The molecule has 1 fully saturated rings. The van der Waals surface area contributed by atoms with Gasteiger partial charge in [0.05, 0.1) is 19.2 Å². The van der Waals surface area contributed by atoms with Crippen LogP contribution in [0.1, 0.15) is 6.42 Å². The molecule has 18 heavy (non-hydrogen) atoms. The molecule has 0 radical (unpaired) electrons. The third-order valence-electron chi connectivity index (χ3n) is 2.42. The van der Waals surface area contributed by atoms with Gasteiger partial charge in [-0.2, -0.15) is 5.26 Å². The van der Waals surface area contributed by atoms with Crippen molar-refractivity contribution in [2.45, 2.75) is 18.6 Å². The van der Waals surface area contributed by atoms with Crippen LogP contribution in [0.2, 0.25) is 0 Å². The summed E-state index contributed by atoms with van der Waals surface area (Å²) in [6, 6.07) is 0.223. The molecule has 1 aliphatic heterocycles. The zero-order chi connectivity index (χ0) is 13.5. The summed E-state index contributed by atoms with van der Waals surface area (Å²) in [6.45, 7) is 0.676. The molecule has 0 bridgehead atoms. The van der Waals surface area contributed by atoms with Crippen LogP contribution in [0.4, 0.5) is 4.79 Å². The first kappa shape index (κ1) is 13.8. The van der Waals surface area contributed by atoms with Crippen LogP contribution in [-0.4, -0.2) is 53.8 Å². The van der Waals surface area contributed by atoms with Gasteiger partial charge in [0.25, 0.3) is 0 Å². The molecule has 0 aromatic heterocycles. The van der Waals surface area contributed by atoms with Crippen molar-refractivity contribution in [3.05, 3.63) is 0 Å². The average molecular weight is 251 g/mol. The summed E-state index contributed by atoms with van der Waals surface area (Å²) in [6.07, 6.45) is 4.25. The van der Waals surface area contributed by atoms with E-state index in [2.05, 4.69) is 11.2 Å². The summed E-state index contributed by atoms with van der Waals surface area (Å²) in [5, 5.41) is 19.8. The SMILES string of the molecule is C#CCC(NC(=O)N1CCOC(C#N)C1)C(=O)O. The molecule has 2 unspecified atom stereocenters. The second-order valence-electron chi connectivity index (χ2n) is 3.68. The van der Waals surface area contributed by atoms with Crippen molar-refractivity contribution in [2.24, 2.45) is 0 Å². The Kier molecular flexibility index (Phi) is 4.97. The molecule has 2 atom stereocenters. The fraction of sp³-hybridized carbons (Fsp3) is 0.545. The third kappa shape index (κ3) is 3.65. The van der Waals surface area contributed by atoms with E-state index in [9.17, 15) is 9.59 Å². The van der Waals surface area contributed by atoms with Gasteiger partial charge in [0, 0.05) is 13.0 Å². The Balaban J connectivity index is 2.56. The molecule has 0 aromatic rings. The zero-order valence-electron chi connectivity index (χ0n) is 9.63. The Labute approximate surface area is 104 Å². The largest absolute Gasteiger partial charge is 0.480 e. The van der Waals surface area contributed by atoms with Crippen LogP contribution in [-0.2, 0) is 9.53 Å². The molecule has 0 saturated carbocycles. The molecule has 2 N–H and O–H groups in total. The number of carboxylic acid groups (broad SMARTS) is 1. The molecular weight excluding hydrogens is 238 g/mol. The van der Waals surface area contributed by atoms with E-state index in [1.54, 1.807) is 0 Å². The van der Waals surface area contributed by atoms with Crippen molar-refractivity contribution in [1.82, 2.24) is 10.2 Å². The second kappa shape index (κ2) is 6.48. The van der Waals surface area contributed by atoms with Gasteiger partial charge in [-0.15, -0.1) is 12.3 Å². The lowest BCUT2D eigenvalue weighted by molar-refractivity contribution is -0.139. The fourth-order valence-corrected chi connectivity index (χ4v) is 1.47. The number of nitriles is 1. The van der Waals surface area contributed by atoms with Gasteiger partial charge in [-0.05, 0) is 0 Å². The lowest BCUT2D eigenvalue weighted by atomic mass is 10.2. The molecule has 7 nitrogen and oxygen atoms in total. The van der Waals surface area contributed by atoms with Gasteiger partial charge in [-0.1, -0.05) is 0 Å². The van der Waals surface area contributed by atoms with Crippen LogP contribution in [0.15, 0.2) is 0 Å². The number of terminal acetylenes is 1. The second-order valence-corrected chi connectivity index (χ2v) is 3.68. The third-order valence-corrected chi connectivity index (χ3v) is 2.42.